The quantitative estimate of drug-likeness (QED) is 0.589. The van der Waals surface area contributed by atoms with E-state index in [-0.39, 0.29) is 24.4 Å². The molecule has 2 aromatic rings. The molecule has 0 bridgehead atoms. The van der Waals surface area contributed by atoms with Crippen LogP contribution in [-0.2, 0) is 16.1 Å². The molecule has 1 saturated heterocycles. The van der Waals surface area contributed by atoms with Gasteiger partial charge in [-0.05, 0) is 24.1 Å². The summed E-state index contributed by atoms with van der Waals surface area (Å²) in [5.74, 6) is -0.717. The van der Waals surface area contributed by atoms with Crippen LogP contribution >= 0.6 is 0 Å². The van der Waals surface area contributed by atoms with E-state index in [0.29, 0.717) is 30.8 Å². The largest absolute Gasteiger partial charge is 0.442 e. The topological polar surface area (TPSA) is 84.9 Å². The number of fused-ring (bicyclic) bond motifs is 1. The maximum atomic E-state index is 12.5. The highest BCUT2D eigenvalue weighted by atomic mass is 16.6. The molecule has 0 saturated carbocycles. The van der Waals surface area contributed by atoms with Crippen LogP contribution in [0.4, 0.5) is 4.79 Å². The number of nitrogens with one attached hydrogen (secondary N) is 1. The van der Waals surface area contributed by atoms with Gasteiger partial charge in [-0.25, -0.2) is 4.79 Å². The third kappa shape index (κ3) is 3.61. The molecule has 0 unspecified atom stereocenters. The average Bonchev–Trinajstić information content (AvgIpc) is 3.19. The second-order valence-electron chi connectivity index (χ2n) is 6.79. The van der Waals surface area contributed by atoms with Gasteiger partial charge in [0.2, 0.25) is 0 Å². The van der Waals surface area contributed by atoms with E-state index < -0.39 is 12.2 Å². The van der Waals surface area contributed by atoms with Gasteiger partial charge in [-0.1, -0.05) is 42.5 Å². The van der Waals surface area contributed by atoms with Crippen LogP contribution in [0.5, 0.6) is 0 Å². The van der Waals surface area contributed by atoms with E-state index >= 15 is 0 Å². The number of carbonyl (C=O) groups is 3. The highest BCUT2D eigenvalue weighted by Gasteiger charge is 2.41. The second-order valence-corrected chi connectivity index (χ2v) is 6.79. The zero-order valence-electron chi connectivity index (χ0n) is 15.2. The van der Waals surface area contributed by atoms with Crippen molar-refractivity contribution in [2.45, 2.75) is 25.2 Å². The third-order valence-corrected chi connectivity index (χ3v) is 4.94. The summed E-state index contributed by atoms with van der Waals surface area (Å²) in [6.07, 6.45) is -0.628. The van der Waals surface area contributed by atoms with E-state index in [9.17, 15) is 14.4 Å². The van der Waals surface area contributed by atoms with Crippen LogP contribution in [0.1, 0.15) is 32.7 Å². The number of hydrogen-bond donors (Lipinski definition) is 1. The zero-order chi connectivity index (χ0) is 19.5. The molecule has 2 aromatic carbocycles. The van der Waals surface area contributed by atoms with Crippen LogP contribution in [0, 0.1) is 0 Å². The molecule has 1 N–H and O–H groups in total. The normalized spacial score (nSPS) is 20.9. The lowest BCUT2D eigenvalue weighted by Crippen LogP contribution is -2.43. The minimum absolute atomic E-state index is 0.0223. The van der Waals surface area contributed by atoms with Crippen LogP contribution in [0.2, 0.25) is 0 Å². The first kappa shape index (κ1) is 18.2. The minimum atomic E-state index is -0.602. The summed E-state index contributed by atoms with van der Waals surface area (Å²) >= 11 is 0. The van der Waals surface area contributed by atoms with E-state index in [1.165, 1.54) is 0 Å². The average molecular weight is 380 g/mol. The molecule has 28 heavy (non-hydrogen) atoms. The van der Waals surface area contributed by atoms with Crippen molar-refractivity contribution in [1.29, 1.82) is 0 Å². The van der Waals surface area contributed by atoms with E-state index in [0.717, 1.165) is 10.5 Å². The van der Waals surface area contributed by atoms with Crippen molar-refractivity contribution in [1.82, 2.24) is 10.2 Å². The van der Waals surface area contributed by atoms with Crippen LogP contribution in [0.25, 0.3) is 0 Å². The fourth-order valence-corrected chi connectivity index (χ4v) is 3.48. The number of alkyl carbamates (subject to hydrolysis) is 1. The number of amides is 3. The van der Waals surface area contributed by atoms with Crippen LogP contribution in [0.15, 0.2) is 54.6 Å². The van der Waals surface area contributed by atoms with Gasteiger partial charge >= 0.3 is 6.09 Å². The first-order valence-electron chi connectivity index (χ1n) is 9.17. The predicted octanol–water partition coefficient (Wildman–Crippen LogP) is 2.37. The van der Waals surface area contributed by atoms with Crippen molar-refractivity contribution in [2.75, 3.05) is 13.2 Å². The molecular weight excluding hydrogens is 360 g/mol. The van der Waals surface area contributed by atoms with Crippen molar-refractivity contribution in [3.8, 4) is 0 Å². The highest BCUT2D eigenvalue weighted by Crippen LogP contribution is 2.24. The number of cyclic esters (lactones) is 1. The molecule has 2 atom stereocenters. The van der Waals surface area contributed by atoms with Gasteiger partial charge in [-0.2, -0.15) is 0 Å². The Hall–Kier alpha value is -3.19. The first-order valence-corrected chi connectivity index (χ1v) is 9.17. The lowest BCUT2D eigenvalue weighted by atomic mass is 10.1. The third-order valence-electron chi connectivity index (χ3n) is 4.94. The summed E-state index contributed by atoms with van der Waals surface area (Å²) in [4.78, 5) is 37.9. The summed E-state index contributed by atoms with van der Waals surface area (Å²) in [6.45, 7) is 0.918. The molecule has 144 valence electrons. The lowest BCUT2D eigenvalue weighted by molar-refractivity contribution is 0.0506. The van der Waals surface area contributed by atoms with Gasteiger partial charge < -0.3 is 14.8 Å². The molecule has 2 heterocycles. The Bertz CT molecular complexity index is 864. The number of ether oxygens (including phenoxy) is 2. The molecule has 0 radical (unpaired) electrons. The SMILES string of the molecule is O=C1N[C@@H](CCOCc2ccccc2)[C@H](CN2C(=O)c3ccccc3C2=O)O1. The van der Waals surface area contributed by atoms with E-state index in [1.807, 2.05) is 30.3 Å². The molecule has 1 fully saturated rings. The highest BCUT2D eigenvalue weighted by molar-refractivity contribution is 6.21. The maximum absolute atomic E-state index is 12.5. The minimum Gasteiger partial charge on any atom is -0.442 e. The summed E-state index contributed by atoms with van der Waals surface area (Å²) < 4.78 is 11.0. The Balaban J connectivity index is 1.34. The lowest BCUT2D eigenvalue weighted by Gasteiger charge is -2.22. The zero-order valence-corrected chi connectivity index (χ0v) is 15.2. The summed E-state index contributed by atoms with van der Waals surface area (Å²) in [5.41, 5.74) is 1.83. The van der Waals surface area contributed by atoms with Crippen molar-refractivity contribution in [3.63, 3.8) is 0 Å². The molecule has 0 spiro atoms. The summed E-state index contributed by atoms with van der Waals surface area (Å²) in [6, 6.07) is 16.2. The van der Waals surface area contributed by atoms with Crippen molar-refractivity contribution < 1.29 is 23.9 Å². The Morgan fingerprint density at radius 2 is 1.57 bits per heavy atom. The Labute approximate surface area is 162 Å². The van der Waals surface area contributed by atoms with E-state index in [2.05, 4.69) is 5.32 Å². The number of hydrogen-bond acceptors (Lipinski definition) is 5. The Morgan fingerprint density at radius 1 is 0.929 bits per heavy atom. The van der Waals surface area contributed by atoms with Crippen LogP contribution in [-0.4, -0.2) is 48.1 Å². The summed E-state index contributed by atoms with van der Waals surface area (Å²) in [7, 11) is 0. The molecule has 2 aliphatic heterocycles. The van der Waals surface area contributed by atoms with Gasteiger partial charge in [0.1, 0.15) is 6.10 Å². The number of rotatable bonds is 7. The Kier molecular flexibility index (Phi) is 5.08. The number of benzene rings is 2. The van der Waals surface area contributed by atoms with Gasteiger partial charge in [-0.15, -0.1) is 0 Å². The first-order chi connectivity index (χ1) is 13.6. The van der Waals surface area contributed by atoms with E-state index in [4.69, 9.17) is 9.47 Å². The van der Waals surface area contributed by atoms with Crippen LogP contribution < -0.4 is 5.32 Å². The van der Waals surface area contributed by atoms with Crippen LogP contribution in [0.3, 0.4) is 0 Å². The maximum Gasteiger partial charge on any atom is 0.407 e. The molecule has 3 amide bonds. The van der Waals surface area contributed by atoms with Gasteiger partial charge in [-0.3, -0.25) is 14.5 Å². The van der Waals surface area contributed by atoms with Crippen molar-refractivity contribution in [2.24, 2.45) is 0 Å². The van der Waals surface area contributed by atoms with E-state index in [1.54, 1.807) is 24.3 Å². The Morgan fingerprint density at radius 3 is 2.25 bits per heavy atom. The molecule has 2 aliphatic rings. The molecular formula is C21H20N2O5. The summed E-state index contributed by atoms with van der Waals surface area (Å²) in [5, 5.41) is 2.74. The molecule has 7 heteroatoms. The van der Waals surface area contributed by atoms with Gasteiger partial charge in [0.25, 0.3) is 11.8 Å². The standard InChI is InChI=1S/C21H20N2O5/c24-19-15-8-4-5-9-16(15)20(25)23(19)12-18-17(22-21(26)28-18)10-11-27-13-14-6-2-1-3-7-14/h1-9,17-18H,10-13H2,(H,22,26)/t17-,18-/m0/s1. The van der Waals surface area contributed by atoms with Crippen molar-refractivity contribution in [3.05, 3.63) is 71.3 Å². The fraction of sp³-hybridized carbons (Fsp3) is 0.286. The predicted molar refractivity (Wildman–Crippen MR) is 99.7 cm³/mol. The monoisotopic (exact) mass is 380 g/mol. The number of carbonyl (C=O) groups excluding carboxylic acids is 3. The molecule has 0 aliphatic carbocycles. The second kappa shape index (κ2) is 7.82. The fourth-order valence-electron chi connectivity index (χ4n) is 3.48. The van der Waals surface area contributed by atoms with Gasteiger partial charge in [0.15, 0.2) is 0 Å². The number of imide groups is 1. The van der Waals surface area contributed by atoms with Gasteiger partial charge in [0, 0.05) is 6.61 Å². The molecule has 4 rings (SSSR count). The number of nitrogens with zero attached hydrogens (tertiary/aromatic N) is 1. The molecule has 0 aromatic heterocycles. The molecule has 7 nitrogen and oxygen atoms in total. The smallest absolute Gasteiger partial charge is 0.407 e. The van der Waals surface area contributed by atoms with Crippen molar-refractivity contribution >= 4 is 17.9 Å². The van der Waals surface area contributed by atoms with Gasteiger partial charge in [0.05, 0.1) is 30.3 Å².